The molecule has 0 aromatic heterocycles. The minimum atomic E-state index is -0.332. The highest BCUT2D eigenvalue weighted by Crippen LogP contribution is 2.26. The van der Waals surface area contributed by atoms with E-state index in [4.69, 9.17) is 4.74 Å². The zero-order valence-electron chi connectivity index (χ0n) is 10.3. The maximum Gasteiger partial charge on any atom is 0.306 e. The summed E-state index contributed by atoms with van der Waals surface area (Å²) in [6, 6.07) is 0. The molecular weight excluding hydrogens is 188 g/mol. The average molecular weight is 212 g/mol. The Bertz CT molecular complexity index is 195. The number of esters is 1. The van der Waals surface area contributed by atoms with E-state index in [1.54, 1.807) is 0 Å². The highest BCUT2D eigenvalue weighted by atomic mass is 16.6. The van der Waals surface area contributed by atoms with Gasteiger partial charge in [0, 0.05) is 6.42 Å². The molecule has 1 fully saturated rings. The minimum absolute atomic E-state index is 0.0191. The van der Waals surface area contributed by atoms with Crippen molar-refractivity contribution in [1.82, 2.24) is 0 Å². The topological polar surface area (TPSA) is 26.3 Å². The second kappa shape index (κ2) is 5.53. The van der Waals surface area contributed by atoms with Crippen LogP contribution >= 0.6 is 0 Å². The normalized spacial score (nSPS) is 19.7. The van der Waals surface area contributed by atoms with Gasteiger partial charge in [-0.3, -0.25) is 4.79 Å². The molecular formula is C13H24O2. The maximum absolute atomic E-state index is 11.6. The molecule has 1 rings (SSSR count). The largest absolute Gasteiger partial charge is 0.460 e. The van der Waals surface area contributed by atoms with Crippen LogP contribution in [0.5, 0.6) is 0 Å². The fourth-order valence-corrected chi connectivity index (χ4v) is 2.19. The van der Waals surface area contributed by atoms with E-state index in [-0.39, 0.29) is 11.6 Å². The van der Waals surface area contributed by atoms with E-state index >= 15 is 0 Å². The second-order valence-corrected chi connectivity index (χ2v) is 5.65. The molecule has 1 saturated carbocycles. The van der Waals surface area contributed by atoms with Gasteiger partial charge in [0.1, 0.15) is 5.60 Å². The van der Waals surface area contributed by atoms with Crippen LogP contribution in [0.1, 0.15) is 65.7 Å². The molecule has 15 heavy (non-hydrogen) atoms. The van der Waals surface area contributed by atoms with Crippen molar-refractivity contribution < 1.29 is 9.53 Å². The van der Waals surface area contributed by atoms with Crippen molar-refractivity contribution in [2.75, 3.05) is 0 Å². The fraction of sp³-hybridized carbons (Fsp3) is 0.923. The average Bonchev–Trinajstić information content (AvgIpc) is 2.28. The quantitative estimate of drug-likeness (QED) is 0.515. The smallest absolute Gasteiger partial charge is 0.306 e. The third-order valence-corrected chi connectivity index (χ3v) is 2.85. The van der Waals surface area contributed by atoms with E-state index in [1.807, 2.05) is 20.8 Å². The summed E-state index contributed by atoms with van der Waals surface area (Å²) in [5.41, 5.74) is -0.332. The zero-order chi connectivity index (χ0) is 11.3. The molecule has 0 unspecified atom stereocenters. The van der Waals surface area contributed by atoms with E-state index in [0.29, 0.717) is 12.3 Å². The van der Waals surface area contributed by atoms with Gasteiger partial charge in [-0.2, -0.15) is 0 Å². The monoisotopic (exact) mass is 212 g/mol. The molecule has 2 heteroatoms. The van der Waals surface area contributed by atoms with E-state index in [9.17, 15) is 4.79 Å². The van der Waals surface area contributed by atoms with Crippen molar-refractivity contribution in [3.8, 4) is 0 Å². The molecule has 0 amide bonds. The molecule has 0 aliphatic heterocycles. The Labute approximate surface area is 93.4 Å². The second-order valence-electron chi connectivity index (χ2n) is 5.65. The molecule has 0 aromatic carbocycles. The Morgan fingerprint density at radius 1 is 1.13 bits per heavy atom. The Hall–Kier alpha value is -0.530. The van der Waals surface area contributed by atoms with E-state index in [1.165, 1.54) is 38.5 Å². The fourth-order valence-electron chi connectivity index (χ4n) is 2.19. The standard InChI is InChI=1S/C13H24O2/c1-13(2,3)15-12(14)10-11-8-6-4-5-7-9-11/h11H,4-10H2,1-3H3. The lowest BCUT2D eigenvalue weighted by Crippen LogP contribution is -2.25. The molecule has 0 spiro atoms. The van der Waals surface area contributed by atoms with Crippen LogP contribution in [0.25, 0.3) is 0 Å². The first-order valence-corrected chi connectivity index (χ1v) is 6.19. The summed E-state index contributed by atoms with van der Waals surface area (Å²) in [4.78, 5) is 11.6. The van der Waals surface area contributed by atoms with E-state index in [0.717, 1.165) is 0 Å². The molecule has 88 valence electrons. The number of carbonyl (C=O) groups excluding carboxylic acids is 1. The number of hydrogen-bond acceptors (Lipinski definition) is 2. The van der Waals surface area contributed by atoms with Gasteiger partial charge in [0.15, 0.2) is 0 Å². The Morgan fingerprint density at radius 3 is 2.13 bits per heavy atom. The molecule has 0 saturated heterocycles. The number of rotatable bonds is 2. The summed E-state index contributed by atoms with van der Waals surface area (Å²) in [7, 11) is 0. The minimum Gasteiger partial charge on any atom is -0.460 e. The van der Waals surface area contributed by atoms with Gasteiger partial charge in [0.05, 0.1) is 0 Å². The van der Waals surface area contributed by atoms with Crippen LogP contribution in [0.3, 0.4) is 0 Å². The molecule has 0 N–H and O–H groups in total. The van der Waals surface area contributed by atoms with Gasteiger partial charge in [0.2, 0.25) is 0 Å². The van der Waals surface area contributed by atoms with Crippen molar-refractivity contribution in [2.45, 2.75) is 71.3 Å². The van der Waals surface area contributed by atoms with Crippen molar-refractivity contribution in [1.29, 1.82) is 0 Å². The van der Waals surface area contributed by atoms with Crippen molar-refractivity contribution in [2.24, 2.45) is 5.92 Å². The van der Waals surface area contributed by atoms with Crippen LogP contribution in [0, 0.1) is 5.92 Å². The molecule has 0 heterocycles. The summed E-state index contributed by atoms with van der Waals surface area (Å²) in [5, 5.41) is 0. The Balaban J connectivity index is 2.30. The van der Waals surface area contributed by atoms with Crippen LogP contribution in [-0.4, -0.2) is 11.6 Å². The zero-order valence-corrected chi connectivity index (χ0v) is 10.3. The van der Waals surface area contributed by atoms with Crippen LogP contribution in [-0.2, 0) is 9.53 Å². The summed E-state index contributed by atoms with van der Waals surface area (Å²) in [6.07, 6.45) is 8.28. The molecule has 1 aliphatic carbocycles. The van der Waals surface area contributed by atoms with Crippen molar-refractivity contribution in [3.05, 3.63) is 0 Å². The van der Waals surface area contributed by atoms with Crippen molar-refractivity contribution >= 4 is 5.97 Å². The summed E-state index contributed by atoms with van der Waals surface area (Å²) >= 11 is 0. The Kier molecular flexibility index (Phi) is 4.62. The lowest BCUT2D eigenvalue weighted by Gasteiger charge is -2.21. The first-order chi connectivity index (χ1) is 6.97. The molecule has 0 bridgehead atoms. The Morgan fingerprint density at radius 2 is 1.67 bits per heavy atom. The van der Waals surface area contributed by atoms with Gasteiger partial charge in [-0.15, -0.1) is 0 Å². The van der Waals surface area contributed by atoms with Gasteiger partial charge in [-0.25, -0.2) is 0 Å². The van der Waals surface area contributed by atoms with Gasteiger partial charge < -0.3 is 4.74 Å². The molecule has 0 aromatic rings. The third kappa shape index (κ3) is 5.81. The predicted molar refractivity (Wildman–Crippen MR) is 61.7 cm³/mol. The molecule has 1 aliphatic rings. The van der Waals surface area contributed by atoms with E-state index < -0.39 is 0 Å². The molecule has 2 nitrogen and oxygen atoms in total. The SMILES string of the molecule is CC(C)(C)OC(=O)CC1CCCCCC1. The van der Waals surface area contributed by atoms with Gasteiger partial charge in [0.25, 0.3) is 0 Å². The van der Waals surface area contributed by atoms with Gasteiger partial charge in [-0.05, 0) is 39.5 Å². The van der Waals surface area contributed by atoms with Crippen LogP contribution in [0.2, 0.25) is 0 Å². The molecule has 0 atom stereocenters. The lowest BCUT2D eigenvalue weighted by atomic mass is 9.97. The van der Waals surface area contributed by atoms with Crippen LogP contribution in [0.4, 0.5) is 0 Å². The highest BCUT2D eigenvalue weighted by Gasteiger charge is 2.21. The van der Waals surface area contributed by atoms with Crippen LogP contribution in [0.15, 0.2) is 0 Å². The van der Waals surface area contributed by atoms with E-state index in [2.05, 4.69) is 0 Å². The number of hydrogen-bond donors (Lipinski definition) is 0. The van der Waals surface area contributed by atoms with Crippen molar-refractivity contribution in [3.63, 3.8) is 0 Å². The van der Waals surface area contributed by atoms with Crippen LogP contribution < -0.4 is 0 Å². The first-order valence-electron chi connectivity index (χ1n) is 6.19. The molecule has 0 radical (unpaired) electrons. The lowest BCUT2D eigenvalue weighted by molar-refractivity contribution is -0.156. The summed E-state index contributed by atoms with van der Waals surface area (Å²) in [6.45, 7) is 5.79. The highest BCUT2D eigenvalue weighted by molar-refractivity contribution is 5.70. The maximum atomic E-state index is 11.6. The number of carbonyl (C=O) groups is 1. The predicted octanol–water partition coefficient (Wildman–Crippen LogP) is 3.69. The summed E-state index contributed by atoms with van der Waals surface area (Å²) in [5.74, 6) is 0.553. The third-order valence-electron chi connectivity index (χ3n) is 2.85. The van der Waals surface area contributed by atoms with Gasteiger partial charge >= 0.3 is 5.97 Å². The first kappa shape index (κ1) is 12.5. The summed E-state index contributed by atoms with van der Waals surface area (Å²) < 4.78 is 5.34. The van der Waals surface area contributed by atoms with Gasteiger partial charge in [-0.1, -0.05) is 25.7 Å². The number of ether oxygens (including phenoxy) is 1.